The predicted molar refractivity (Wildman–Crippen MR) is 164 cm³/mol. The molecule has 0 aromatic carbocycles. The van der Waals surface area contributed by atoms with Gasteiger partial charge in [-0.05, 0) is 44.9 Å². The zero-order chi connectivity index (χ0) is 27.7. The third-order valence-electron chi connectivity index (χ3n) is 7.18. The van der Waals surface area contributed by atoms with E-state index in [1.54, 1.807) is 0 Å². The van der Waals surface area contributed by atoms with Crippen molar-refractivity contribution in [3.63, 3.8) is 0 Å². The molecule has 0 saturated heterocycles. The summed E-state index contributed by atoms with van der Waals surface area (Å²) in [6, 6.07) is 0. The first-order valence-corrected chi connectivity index (χ1v) is 16.6. The predicted octanol–water partition coefficient (Wildman–Crippen LogP) is 11.6. The highest BCUT2D eigenvalue weighted by molar-refractivity contribution is 5.66. The summed E-state index contributed by atoms with van der Waals surface area (Å²) >= 11 is 0. The second-order valence-corrected chi connectivity index (χ2v) is 11.1. The van der Waals surface area contributed by atoms with Crippen LogP contribution in [0, 0.1) is 0 Å². The van der Waals surface area contributed by atoms with Crippen molar-refractivity contribution in [1.82, 2.24) is 0 Å². The molecule has 1 atom stereocenters. The molecule has 0 rings (SSSR count). The van der Waals surface area contributed by atoms with Gasteiger partial charge in [-0.15, -0.1) is 0 Å². The van der Waals surface area contributed by atoms with E-state index in [9.17, 15) is 9.90 Å². The number of hydrogen-bond donors (Lipinski definition) is 2. The summed E-state index contributed by atoms with van der Waals surface area (Å²) in [5, 5.41) is 18.3. The van der Waals surface area contributed by atoms with E-state index in [1.807, 2.05) is 0 Å². The fourth-order valence-corrected chi connectivity index (χ4v) is 4.64. The lowest BCUT2D eigenvalue weighted by atomic mass is 10.0. The molecule has 0 heterocycles. The summed E-state index contributed by atoms with van der Waals surface area (Å²) in [6.45, 7) is 6.75. The average Bonchev–Trinajstić information content (AvgIpc) is 2.88. The first kappa shape index (κ1) is 38.3. The number of hydrogen-bond acceptors (Lipinski definition) is 2. The number of aliphatic carboxylic acids is 1. The molecule has 0 aromatic rings. The SMILES string of the molecule is CCCCCCCC/C=C\CCCCCCCC(=O)O.CCCCCCCCCC(O)CCCCCC. The highest BCUT2D eigenvalue weighted by Gasteiger charge is 2.03. The Hall–Kier alpha value is -0.830. The average molecular weight is 525 g/mol. The van der Waals surface area contributed by atoms with E-state index in [0.29, 0.717) is 6.42 Å². The number of carboxylic acids is 1. The van der Waals surface area contributed by atoms with E-state index in [1.165, 1.54) is 141 Å². The minimum Gasteiger partial charge on any atom is -0.481 e. The van der Waals surface area contributed by atoms with E-state index in [4.69, 9.17) is 5.11 Å². The molecule has 0 aliphatic carbocycles. The Morgan fingerprint density at radius 1 is 0.514 bits per heavy atom. The summed E-state index contributed by atoms with van der Waals surface area (Å²) in [6.07, 6.45) is 37.8. The lowest BCUT2D eigenvalue weighted by Crippen LogP contribution is -2.05. The minimum atomic E-state index is -0.664. The van der Waals surface area contributed by atoms with Crippen molar-refractivity contribution in [2.75, 3.05) is 0 Å². The second kappa shape index (κ2) is 35.2. The Labute approximate surface area is 233 Å². The highest BCUT2D eigenvalue weighted by Crippen LogP contribution is 2.14. The van der Waals surface area contributed by atoms with Crippen molar-refractivity contribution in [1.29, 1.82) is 0 Å². The van der Waals surface area contributed by atoms with Crippen LogP contribution in [-0.4, -0.2) is 22.3 Å². The van der Waals surface area contributed by atoms with Gasteiger partial charge < -0.3 is 10.2 Å². The Morgan fingerprint density at radius 2 is 0.838 bits per heavy atom. The third-order valence-corrected chi connectivity index (χ3v) is 7.18. The van der Waals surface area contributed by atoms with Crippen LogP contribution in [0.1, 0.15) is 194 Å². The summed E-state index contributed by atoms with van der Waals surface area (Å²) in [5.41, 5.74) is 0. The van der Waals surface area contributed by atoms with E-state index in [2.05, 4.69) is 32.9 Å². The lowest BCUT2D eigenvalue weighted by Gasteiger charge is -2.09. The number of carbonyl (C=O) groups is 1. The van der Waals surface area contributed by atoms with Gasteiger partial charge in [-0.1, -0.05) is 155 Å². The number of unbranched alkanes of at least 4 members (excludes halogenated alkanes) is 20. The molecule has 0 fully saturated rings. The number of rotatable bonds is 28. The van der Waals surface area contributed by atoms with Gasteiger partial charge in [-0.3, -0.25) is 4.79 Å². The molecule has 3 heteroatoms. The molecule has 0 aliphatic rings. The topological polar surface area (TPSA) is 57.5 Å². The monoisotopic (exact) mass is 525 g/mol. The summed E-state index contributed by atoms with van der Waals surface area (Å²) < 4.78 is 0. The molecule has 222 valence electrons. The van der Waals surface area contributed by atoms with Gasteiger partial charge in [0.15, 0.2) is 0 Å². The van der Waals surface area contributed by atoms with E-state index in [0.717, 1.165) is 25.7 Å². The van der Waals surface area contributed by atoms with Crippen LogP contribution in [0.2, 0.25) is 0 Å². The molecule has 0 aliphatic heterocycles. The number of carboxylic acid groups (broad SMARTS) is 1. The Balaban J connectivity index is 0. The van der Waals surface area contributed by atoms with Crippen LogP contribution in [0.25, 0.3) is 0 Å². The van der Waals surface area contributed by atoms with Crippen molar-refractivity contribution < 1.29 is 15.0 Å². The molecular weight excluding hydrogens is 456 g/mol. The Kier molecular flexibility index (Phi) is 36.4. The molecule has 0 saturated carbocycles. The fraction of sp³-hybridized carbons (Fsp3) is 0.912. The van der Waals surface area contributed by atoms with Gasteiger partial charge in [-0.25, -0.2) is 0 Å². The molecule has 2 N–H and O–H groups in total. The zero-order valence-corrected chi connectivity index (χ0v) is 25.6. The Bertz CT molecular complexity index is 446. The number of allylic oxidation sites excluding steroid dienone is 2. The normalized spacial score (nSPS) is 12.0. The lowest BCUT2D eigenvalue weighted by molar-refractivity contribution is -0.137. The largest absolute Gasteiger partial charge is 0.481 e. The first-order chi connectivity index (χ1) is 18.1. The molecule has 0 aromatic heterocycles. The van der Waals surface area contributed by atoms with Crippen LogP contribution in [0.15, 0.2) is 12.2 Å². The van der Waals surface area contributed by atoms with Crippen molar-refractivity contribution in [2.45, 2.75) is 200 Å². The van der Waals surface area contributed by atoms with E-state index in [-0.39, 0.29) is 6.10 Å². The molecular formula is C34H68O3. The number of aliphatic hydroxyl groups is 1. The number of aliphatic hydroxyl groups excluding tert-OH is 1. The van der Waals surface area contributed by atoms with Crippen LogP contribution < -0.4 is 0 Å². The van der Waals surface area contributed by atoms with Crippen LogP contribution in [0.4, 0.5) is 0 Å². The van der Waals surface area contributed by atoms with Crippen molar-refractivity contribution >= 4 is 5.97 Å². The molecule has 1 unspecified atom stereocenters. The smallest absolute Gasteiger partial charge is 0.303 e. The van der Waals surface area contributed by atoms with Gasteiger partial charge >= 0.3 is 5.97 Å². The summed E-state index contributed by atoms with van der Waals surface area (Å²) in [4.78, 5) is 10.3. The second-order valence-electron chi connectivity index (χ2n) is 11.1. The van der Waals surface area contributed by atoms with Gasteiger partial charge in [0.1, 0.15) is 0 Å². The van der Waals surface area contributed by atoms with Gasteiger partial charge in [0.2, 0.25) is 0 Å². The van der Waals surface area contributed by atoms with Crippen LogP contribution in [0.3, 0.4) is 0 Å². The molecule has 0 bridgehead atoms. The summed E-state index contributed by atoms with van der Waals surface area (Å²) in [7, 11) is 0. The van der Waals surface area contributed by atoms with Crippen molar-refractivity contribution in [3.05, 3.63) is 12.2 Å². The standard InChI is InChI=1S/C18H34O2.C16H34O/c1-2-3-4-5-6-7-8-9-10-11-12-13-14-15-16-17-18(19)20;1-3-5-7-9-10-11-13-15-16(17)14-12-8-6-4-2/h9-10H,2-8,11-17H2,1H3,(H,19,20);16-17H,3-15H2,1-2H3/b10-9-;. The summed E-state index contributed by atoms with van der Waals surface area (Å²) in [5.74, 6) is -0.664. The maximum absolute atomic E-state index is 10.3. The minimum absolute atomic E-state index is 0.0255. The fourth-order valence-electron chi connectivity index (χ4n) is 4.64. The van der Waals surface area contributed by atoms with Gasteiger partial charge in [0.25, 0.3) is 0 Å². The Morgan fingerprint density at radius 3 is 1.24 bits per heavy atom. The molecule has 37 heavy (non-hydrogen) atoms. The zero-order valence-electron chi connectivity index (χ0n) is 25.6. The van der Waals surface area contributed by atoms with Crippen LogP contribution in [0.5, 0.6) is 0 Å². The third kappa shape index (κ3) is 39.8. The van der Waals surface area contributed by atoms with E-state index < -0.39 is 5.97 Å². The van der Waals surface area contributed by atoms with Crippen molar-refractivity contribution in [2.24, 2.45) is 0 Å². The van der Waals surface area contributed by atoms with Crippen LogP contribution in [-0.2, 0) is 4.79 Å². The van der Waals surface area contributed by atoms with Gasteiger partial charge in [0.05, 0.1) is 6.10 Å². The molecule has 0 amide bonds. The van der Waals surface area contributed by atoms with E-state index >= 15 is 0 Å². The maximum Gasteiger partial charge on any atom is 0.303 e. The molecule has 0 radical (unpaired) electrons. The van der Waals surface area contributed by atoms with Crippen molar-refractivity contribution in [3.8, 4) is 0 Å². The highest BCUT2D eigenvalue weighted by atomic mass is 16.4. The van der Waals surface area contributed by atoms with Gasteiger partial charge in [0, 0.05) is 6.42 Å². The quantitative estimate of drug-likeness (QED) is 0.0790. The first-order valence-electron chi connectivity index (χ1n) is 16.6. The van der Waals surface area contributed by atoms with Gasteiger partial charge in [-0.2, -0.15) is 0 Å². The molecule has 0 spiro atoms. The molecule has 3 nitrogen and oxygen atoms in total. The van der Waals surface area contributed by atoms with Crippen LogP contribution >= 0.6 is 0 Å². The maximum atomic E-state index is 10.3.